The monoisotopic (exact) mass is 263 g/mol. The number of anilines is 1. The maximum Gasteiger partial charge on any atom is 0.234 e. The summed E-state index contributed by atoms with van der Waals surface area (Å²) in [7, 11) is 0. The van der Waals surface area contributed by atoms with Gasteiger partial charge < -0.3 is 16.0 Å². The van der Waals surface area contributed by atoms with Crippen LogP contribution < -0.4 is 16.0 Å². The first kappa shape index (κ1) is 12.0. The summed E-state index contributed by atoms with van der Waals surface area (Å²) < 4.78 is 0. The number of hydrogen-bond donors (Lipinski definition) is 3. The van der Waals surface area contributed by atoms with Crippen molar-refractivity contribution in [2.24, 2.45) is 0 Å². The molecule has 1 fully saturated rings. The highest BCUT2D eigenvalue weighted by Crippen LogP contribution is 2.32. The van der Waals surface area contributed by atoms with E-state index in [1.54, 1.807) is 11.8 Å². The fourth-order valence-electron chi connectivity index (χ4n) is 2.40. The number of hydrogen-bond acceptors (Lipinski definition) is 4. The molecule has 0 aromatic heterocycles. The summed E-state index contributed by atoms with van der Waals surface area (Å²) in [4.78, 5) is 12.5. The Morgan fingerprint density at radius 3 is 3.11 bits per heavy atom. The van der Waals surface area contributed by atoms with Crippen molar-refractivity contribution >= 4 is 23.4 Å². The van der Waals surface area contributed by atoms with Crippen LogP contribution in [-0.4, -0.2) is 37.3 Å². The molecule has 1 saturated heterocycles. The molecule has 2 aliphatic heterocycles. The Morgan fingerprint density at radius 2 is 2.28 bits per heavy atom. The first-order chi connectivity index (χ1) is 8.81. The minimum atomic E-state index is 0.0992. The van der Waals surface area contributed by atoms with Gasteiger partial charge in [0.25, 0.3) is 0 Å². The van der Waals surface area contributed by atoms with Crippen LogP contribution in [0, 0.1) is 0 Å². The van der Waals surface area contributed by atoms with E-state index >= 15 is 0 Å². The molecule has 1 amide bonds. The van der Waals surface area contributed by atoms with E-state index in [9.17, 15) is 4.79 Å². The van der Waals surface area contributed by atoms with Gasteiger partial charge in [-0.15, -0.1) is 11.8 Å². The highest BCUT2D eigenvalue weighted by atomic mass is 32.2. The summed E-state index contributed by atoms with van der Waals surface area (Å²) in [6.45, 7) is 3.09. The summed E-state index contributed by atoms with van der Waals surface area (Å²) in [5, 5.41) is 9.83. The minimum Gasteiger partial charge on any atom is -0.324 e. The van der Waals surface area contributed by atoms with E-state index in [1.165, 1.54) is 10.5 Å². The zero-order valence-corrected chi connectivity index (χ0v) is 11.0. The number of carbonyl (C=O) groups is 1. The van der Waals surface area contributed by atoms with Gasteiger partial charge in [-0.05, 0) is 24.1 Å². The lowest BCUT2D eigenvalue weighted by molar-refractivity contribution is -0.113. The Kier molecular flexibility index (Phi) is 3.54. The highest BCUT2D eigenvalue weighted by molar-refractivity contribution is 8.00. The zero-order valence-electron chi connectivity index (χ0n) is 10.2. The number of amides is 1. The Morgan fingerprint density at radius 1 is 1.33 bits per heavy atom. The lowest BCUT2D eigenvalue weighted by Crippen LogP contribution is -2.49. The Hall–Kier alpha value is -1.04. The van der Waals surface area contributed by atoms with E-state index in [1.807, 2.05) is 0 Å². The number of carbonyl (C=O) groups excluding carboxylic acids is 1. The quantitative estimate of drug-likeness (QED) is 0.740. The largest absolute Gasteiger partial charge is 0.324 e. The molecule has 1 aromatic rings. The van der Waals surface area contributed by atoms with Crippen molar-refractivity contribution in [2.45, 2.75) is 17.4 Å². The minimum absolute atomic E-state index is 0.0992. The van der Waals surface area contributed by atoms with Crippen molar-refractivity contribution in [3.63, 3.8) is 0 Å². The fourth-order valence-corrected chi connectivity index (χ4v) is 3.19. The number of piperazine rings is 1. The average molecular weight is 263 g/mol. The molecule has 3 rings (SSSR count). The second kappa shape index (κ2) is 5.30. The van der Waals surface area contributed by atoms with Gasteiger partial charge in [-0.25, -0.2) is 0 Å². The van der Waals surface area contributed by atoms with Crippen LogP contribution >= 0.6 is 11.8 Å². The fraction of sp³-hybridized carbons (Fsp3) is 0.462. The third kappa shape index (κ3) is 2.68. The molecule has 1 aromatic carbocycles. The molecular weight excluding hydrogens is 246 g/mol. The van der Waals surface area contributed by atoms with Crippen molar-refractivity contribution in [1.29, 1.82) is 0 Å². The standard InChI is InChI=1S/C13H17N3OS/c17-13-8-18-12-2-1-9(6-11(12)16-13)5-10-7-14-3-4-15-10/h1-2,6,10,14-15H,3-5,7-8H2,(H,16,17). The van der Waals surface area contributed by atoms with E-state index in [4.69, 9.17) is 0 Å². The SMILES string of the molecule is O=C1CSc2ccc(CC3CNCCN3)cc2N1. The van der Waals surface area contributed by atoms with Crippen molar-refractivity contribution in [2.75, 3.05) is 30.7 Å². The maximum absolute atomic E-state index is 11.4. The van der Waals surface area contributed by atoms with E-state index in [0.29, 0.717) is 11.8 Å². The van der Waals surface area contributed by atoms with Crippen LogP contribution in [-0.2, 0) is 11.2 Å². The van der Waals surface area contributed by atoms with Crippen LogP contribution in [0.2, 0.25) is 0 Å². The topological polar surface area (TPSA) is 53.2 Å². The first-order valence-electron chi connectivity index (χ1n) is 6.31. The Bertz CT molecular complexity index is 458. The van der Waals surface area contributed by atoms with Gasteiger partial charge in [0.1, 0.15) is 0 Å². The third-order valence-electron chi connectivity index (χ3n) is 3.28. The molecular formula is C13H17N3OS. The smallest absolute Gasteiger partial charge is 0.234 e. The Balaban J connectivity index is 1.73. The van der Waals surface area contributed by atoms with Gasteiger partial charge in [0.2, 0.25) is 5.91 Å². The van der Waals surface area contributed by atoms with E-state index in [2.05, 4.69) is 34.1 Å². The van der Waals surface area contributed by atoms with Crippen molar-refractivity contribution < 1.29 is 4.79 Å². The molecule has 4 nitrogen and oxygen atoms in total. The van der Waals surface area contributed by atoms with E-state index < -0.39 is 0 Å². The van der Waals surface area contributed by atoms with Crippen molar-refractivity contribution in [1.82, 2.24) is 10.6 Å². The molecule has 5 heteroatoms. The molecule has 2 aliphatic rings. The summed E-state index contributed by atoms with van der Waals surface area (Å²) in [6.07, 6.45) is 1.00. The molecule has 3 N–H and O–H groups in total. The second-order valence-electron chi connectivity index (χ2n) is 4.73. The molecule has 0 bridgehead atoms. The van der Waals surface area contributed by atoms with Crippen LogP contribution in [0.15, 0.2) is 23.1 Å². The van der Waals surface area contributed by atoms with Gasteiger partial charge in [0, 0.05) is 30.6 Å². The number of fused-ring (bicyclic) bond motifs is 1. The molecule has 1 unspecified atom stereocenters. The first-order valence-corrected chi connectivity index (χ1v) is 7.29. The zero-order chi connectivity index (χ0) is 12.4. The van der Waals surface area contributed by atoms with Gasteiger partial charge in [-0.3, -0.25) is 4.79 Å². The van der Waals surface area contributed by atoms with Crippen molar-refractivity contribution in [3.05, 3.63) is 23.8 Å². The molecule has 0 saturated carbocycles. The van der Waals surface area contributed by atoms with Crippen molar-refractivity contribution in [3.8, 4) is 0 Å². The van der Waals surface area contributed by atoms with Crippen LogP contribution in [0.25, 0.3) is 0 Å². The van der Waals surface area contributed by atoms with Crippen LogP contribution in [0.5, 0.6) is 0 Å². The van der Waals surface area contributed by atoms with Gasteiger partial charge in [0.15, 0.2) is 0 Å². The molecule has 18 heavy (non-hydrogen) atoms. The second-order valence-corrected chi connectivity index (χ2v) is 5.74. The van der Waals surface area contributed by atoms with Gasteiger partial charge in [-0.2, -0.15) is 0 Å². The van der Waals surface area contributed by atoms with E-state index in [0.717, 1.165) is 31.7 Å². The van der Waals surface area contributed by atoms with Gasteiger partial charge in [0.05, 0.1) is 11.4 Å². The van der Waals surface area contributed by atoms with Gasteiger partial charge >= 0.3 is 0 Å². The average Bonchev–Trinajstić information content (AvgIpc) is 2.39. The number of thioether (sulfide) groups is 1. The van der Waals surface area contributed by atoms with Crippen LogP contribution in [0.4, 0.5) is 5.69 Å². The number of nitrogens with one attached hydrogen (secondary N) is 3. The predicted octanol–water partition coefficient (Wildman–Crippen LogP) is 0.835. The lowest BCUT2D eigenvalue weighted by Gasteiger charge is -2.25. The van der Waals surface area contributed by atoms with Crippen LogP contribution in [0.3, 0.4) is 0 Å². The summed E-state index contributed by atoms with van der Waals surface area (Å²) in [6, 6.07) is 6.88. The predicted molar refractivity (Wildman–Crippen MR) is 74.2 cm³/mol. The van der Waals surface area contributed by atoms with Gasteiger partial charge in [-0.1, -0.05) is 6.07 Å². The highest BCUT2D eigenvalue weighted by Gasteiger charge is 2.17. The molecule has 0 spiro atoms. The normalized spacial score (nSPS) is 23.3. The summed E-state index contributed by atoms with van der Waals surface area (Å²) >= 11 is 1.61. The molecule has 0 radical (unpaired) electrons. The van der Waals surface area contributed by atoms with E-state index in [-0.39, 0.29) is 5.91 Å². The number of benzene rings is 1. The maximum atomic E-state index is 11.4. The summed E-state index contributed by atoms with van der Waals surface area (Å²) in [5.41, 5.74) is 2.25. The third-order valence-corrected chi connectivity index (χ3v) is 4.36. The molecule has 1 atom stereocenters. The number of rotatable bonds is 2. The molecule has 96 valence electrons. The Labute approximate surface area is 111 Å². The van der Waals surface area contributed by atoms with Crippen LogP contribution in [0.1, 0.15) is 5.56 Å². The summed E-state index contributed by atoms with van der Waals surface area (Å²) in [5.74, 6) is 0.627. The lowest BCUT2D eigenvalue weighted by atomic mass is 10.0. The molecule has 2 heterocycles. The molecule has 0 aliphatic carbocycles.